The van der Waals surface area contributed by atoms with Crippen molar-refractivity contribution in [3.05, 3.63) is 29.3 Å². The van der Waals surface area contributed by atoms with Crippen LogP contribution in [-0.2, 0) is 4.79 Å². The van der Waals surface area contributed by atoms with Gasteiger partial charge in [0.1, 0.15) is 5.75 Å². The van der Waals surface area contributed by atoms with Gasteiger partial charge in [0.05, 0.1) is 6.54 Å². The summed E-state index contributed by atoms with van der Waals surface area (Å²) in [6, 6.07) is 5.30. The first-order chi connectivity index (χ1) is 9.21. The number of ether oxygens (including phenoxy) is 1. The third kappa shape index (κ3) is 4.73. The fourth-order valence-corrected chi connectivity index (χ4v) is 1.40. The van der Waals surface area contributed by atoms with Crippen LogP contribution >= 0.6 is 0 Å². The molecule has 0 saturated heterocycles. The number of alkyl halides is 3. The van der Waals surface area contributed by atoms with E-state index in [1.165, 1.54) is 0 Å². The van der Waals surface area contributed by atoms with Gasteiger partial charge in [-0.05, 0) is 31.0 Å². The van der Waals surface area contributed by atoms with Crippen LogP contribution in [0, 0.1) is 13.8 Å². The van der Waals surface area contributed by atoms with Gasteiger partial charge in [0.15, 0.2) is 12.7 Å². The van der Waals surface area contributed by atoms with Crippen molar-refractivity contribution in [3.63, 3.8) is 0 Å². The molecule has 0 aromatic heterocycles. The van der Waals surface area contributed by atoms with Crippen LogP contribution < -0.4 is 10.1 Å². The maximum atomic E-state index is 12.0. The van der Waals surface area contributed by atoms with Gasteiger partial charge in [-0.1, -0.05) is 12.1 Å². The molecule has 2 N–H and O–H groups in total. The van der Waals surface area contributed by atoms with E-state index < -0.39 is 31.3 Å². The number of carbonyl (C=O) groups is 1. The number of hydrogen-bond donors (Lipinski definition) is 2. The lowest BCUT2D eigenvalue weighted by Gasteiger charge is -2.15. The third-order valence-electron chi connectivity index (χ3n) is 2.78. The highest BCUT2D eigenvalue weighted by Crippen LogP contribution is 2.20. The van der Waals surface area contributed by atoms with Crippen molar-refractivity contribution in [2.75, 3.05) is 13.2 Å². The SMILES string of the molecule is Cc1cccc(OCC(=O)NCC(O)C(F)(F)F)c1C. The van der Waals surface area contributed by atoms with Crippen LogP contribution in [0.15, 0.2) is 18.2 Å². The van der Waals surface area contributed by atoms with Crippen LogP contribution in [0.5, 0.6) is 5.75 Å². The van der Waals surface area contributed by atoms with Crippen molar-refractivity contribution in [3.8, 4) is 5.75 Å². The average molecular weight is 291 g/mol. The molecular weight excluding hydrogens is 275 g/mol. The topological polar surface area (TPSA) is 58.6 Å². The molecule has 0 aliphatic rings. The number of aliphatic hydroxyl groups is 1. The fraction of sp³-hybridized carbons (Fsp3) is 0.462. The molecule has 1 amide bonds. The lowest BCUT2D eigenvalue weighted by molar-refractivity contribution is -0.201. The predicted molar refractivity (Wildman–Crippen MR) is 66.5 cm³/mol. The Bertz CT molecular complexity index is 474. The van der Waals surface area contributed by atoms with E-state index in [9.17, 15) is 18.0 Å². The zero-order chi connectivity index (χ0) is 15.3. The van der Waals surface area contributed by atoms with Crippen LogP contribution in [0.2, 0.25) is 0 Å². The van der Waals surface area contributed by atoms with E-state index in [2.05, 4.69) is 0 Å². The Labute approximate surface area is 114 Å². The van der Waals surface area contributed by atoms with E-state index in [0.717, 1.165) is 11.1 Å². The van der Waals surface area contributed by atoms with Gasteiger partial charge in [-0.3, -0.25) is 4.79 Å². The summed E-state index contributed by atoms with van der Waals surface area (Å²) in [5.41, 5.74) is 1.84. The lowest BCUT2D eigenvalue weighted by atomic mass is 10.1. The Balaban J connectivity index is 2.43. The van der Waals surface area contributed by atoms with Crippen LogP contribution in [0.25, 0.3) is 0 Å². The molecule has 4 nitrogen and oxygen atoms in total. The van der Waals surface area contributed by atoms with E-state index in [1.807, 2.05) is 25.2 Å². The van der Waals surface area contributed by atoms with E-state index in [4.69, 9.17) is 9.84 Å². The highest BCUT2D eigenvalue weighted by Gasteiger charge is 2.38. The molecule has 0 heterocycles. The maximum absolute atomic E-state index is 12.0. The minimum Gasteiger partial charge on any atom is -0.483 e. The summed E-state index contributed by atoms with van der Waals surface area (Å²) in [6.07, 6.45) is -7.33. The van der Waals surface area contributed by atoms with Gasteiger partial charge in [0.25, 0.3) is 5.91 Å². The summed E-state index contributed by atoms with van der Waals surface area (Å²) in [7, 11) is 0. The number of rotatable bonds is 5. The van der Waals surface area contributed by atoms with Crippen LogP contribution in [0.4, 0.5) is 13.2 Å². The molecule has 112 valence electrons. The molecule has 20 heavy (non-hydrogen) atoms. The van der Waals surface area contributed by atoms with E-state index in [1.54, 1.807) is 12.1 Å². The molecule has 0 saturated carbocycles. The minimum atomic E-state index is -4.75. The lowest BCUT2D eigenvalue weighted by Crippen LogP contribution is -2.42. The molecule has 0 aliphatic heterocycles. The largest absolute Gasteiger partial charge is 0.483 e. The number of amides is 1. The number of halogens is 3. The number of carbonyl (C=O) groups excluding carboxylic acids is 1. The van der Waals surface area contributed by atoms with E-state index >= 15 is 0 Å². The monoisotopic (exact) mass is 291 g/mol. The van der Waals surface area contributed by atoms with Gasteiger partial charge in [-0.25, -0.2) is 0 Å². The fourth-order valence-electron chi connectivity index (χ4n) is 1.40. The molecule has 0 bridgehead atoms. The second kappa shape index (κ2) is 6.60. The molecule has 1 rings (SSSR count). The molecule has 7 heteroatoms. The molecule has 1 aromatic rings. The first-order valence-corrected chi connectivity index (χ1v) is 5.92. The standard InChI is InChI=1S/C13H16F3NO3/c1-8-4-3-5-10(9(8)2)20-7-12(19)17-6-11(18)13(14,15)16/h3-5,11,18H,6-7H2,1-2H3,(H,17,19). The van der Waals surface area contributed by atoms with E-state index in [0.29, 0.717) is 5.75 Å². The third-order valence-corrected chi connectivity index (χ3v) is 2.78. The van der Waals surface area contributed by atoms with Crippen LogP contribution in [0.3, 0.4) is 0 Å². The van der Waals surface area contributed by atoms with Crippen molar-refractivity contribution >= 4 is 5.91 Å². The van der Waals surface area contributed by atoms with Gasteiger partial charge in [-0.2, -0.15) is 13.2 Å². The molecule has 1 unspecified atom stereocenters. The molecule has 1 aromatic carbocycles. The first-order valence-electron chi connectivity index (χ1n) is 5.92. The zero-order valence-corrected chi connectivity index (χ0v) is 11.1. The van der Waals surface area contributed by atoms with Gasteiger partial charge in [-0.15, -0.1) is 0 Å². The molecule has 0 fully saturated rings. The molecule has 0 aliphatic carbocycles. The van der Waals surface area contributed by atoms with E-state index in [-0.39, 0.29) is 0 Å². The highest BCUT2D eigenvalue weighted by molar-refractivity contribution is 5.77. The Morgan fingerprint density at radius 3 is 2.65 bits per heavy atom. The van der Waals surface area contributed by atoms with Gasteiger partial charge in [0.2, 0.25) is 0 Å². The summed E-state index contributed by atoms with van der Waals surface area (Å²) in [5, 5.41) is 10.7. The van der Waals surface area contributed by atoms with Gasteiger partial charge >= 0.3 is 6.18 Å². The van der Waals surface area contributed by atoms with Crippen molar-refractivity contribution in [2.24, 2.45) is 0 Å². The summed E-state index contributed by atoms with van der Waals surface area (Å²) in [6.45, 7) is 2.39. The first kappa shape index (κ1) is 16.3. The second-order valence-electron chi connectivity index (χ2n) is 4.35. The quantitative estimate of drug-likeness (QED) is 0.868. The number of aryl methyl sites for hydroxylation is 1. The smallest absolute Gasteiger partial charge is 0.416 e. The van der Waals surface area contributed by atoms with Gasteiger partial charge < -0.3 is 15.2 Å². The average Bonchev–Trinajstić information content (AvgIpc) is 2.36. The number of aliphatic hydroxyl groups excluding tert-OH is 1. The summed E-state index contributed by atoms with van der Waals surface area (Å²) in [5.74, 6) is -0.231. The Morgan fingerprint density at radius 2 is 2.05 bits per heavy atom. The van der Waals surface area contributed by atoms with Crippen molar-refractivity contribution in [2.45, 2.75) is 26.1 Å². The van der Waals surface area contributed by atoms with Gasteiger partial charge in [0, 0.05) is 0 Å². The Hall–Kier alpha value is -1.76. The maximum Gasteiger partial charge on any atom is 0.416 e. The molecule has 0 spiro atoms. The summed E-state index contributed by atoms with van der Waals surface area (Å²) >= 11 is 0. The van der Waals surface area contributed by atoms with Crippen molar-refractivity contribution < 1.29 is 27.8 Å². The highest BCUT2D eigenvalue weighted by atomic mass is 19.4. The molecule has 0 radical (unpaired) electrons. The number of nitrogens with one attached hydrogen (secondary N) is 1. The number of benzene rings is 1. The second-order valence-corrected chi connectivity index (χ2v) is 4.35. The van der Waals surface area contributed by atoms with Crippen LogP contribution in [0.1, 0.15) is 11.1 Å². The van der Waals surface area contributed by atoms with Crippen LogP contribution in [-0.4, -0.2) is 36.4 Å². The molecule has 1 atom stereocenters. The Morgan fingerprint density at radius 1 is 1.40 bits per heavy atom. The molecular formula is C13H16F3NO3. The predicted octanol–water partition coefficient (Wildman–Crippen LogP) is 1.72. The normalized spacial score (nSPS) is 12.9. The Kier molecular flexibility index (Phi) is 5.38. The number of hydrogen-bond acceptors (Lipinski definition) is 3. The minimum absolute atomic E-state index is 0.408. The summed E-state index contributed by atoms with van der Waals surface area (Å²) in [4.78, 5) is 11.3. The summed E-state index contributed by atoms with van der Waals surface area (Å²) < 4.78 is 41.3. The zero-order valence-electron chi connectivity index (χ0n) is 11.1. The van der Waals surface area contributed by atoms with Crippen molar-refractivity contribution in [1.29, 1.82) is 0 Å². The van der Waals surface area contributed by atoms with Crippen molar-refractivity contribution in [1.82, 2.24) is 5.32 Å².